The summed E-state index contributed by atoms with van der Waals surface area (Å²) < 4.78 is 9.65. The van der Waals surface area contributed by atoms with E-state index in [2.05, 4.69) is 10.1 Å². The maximum atomic E-state index is 11.5. The van der Waals surface area contributed by atoms with Crippen LogP contribution in [0.5, 0.6) is 0 Å². The fraction of sp³-hybridized carbons (Fsp3) is 0.429. The van der Waals surface area contributed by atoms with Gasteiger partial charge in [-0.25, -0.2) is 4.79 Å². The van der Waals surface area contributed by atoms with E-state index < -0.39 is 6.09 Å². The van der Waals surface area contributed by atoms with Crippen LogP contribution in [0.4, 0.5) is 4.79 Å². The molecule has 0 aromatic heterocycles. The van der Waals surface area contributed by atoms with Gasteiger partial charge in [-0.2, -0.15) is 0 Å². The van der Waals surface area contributed by atoms with Crippen molar-refractivity contribution >= 4 is 23.7 Å². The van der Waals surface area contributed by atoms with Crippen molar-refractivity contribution in [2.45, 2.75) is 32.4 Å². The number of esters is 1. The first kappa shape index (κ1) is 16.3. The van der Waals surface area contributed by atoms with Crippen LogP contribution < -0.4 is 5.32 Å². The van der Waals surface area contributed by atoms with Crippen molar-refractivity contribution in [3.63, 3.8) is 0 Å². The van der Waals surface area contributed by atoms with Gasteiger partial charge in [0.2, 0.25) is 0 Å². The monoisotopic (exact) mass is 299 g/mol. The Balaban J connectivity index is 2.18. The molecule has 1 atom stereocenters. The highest BCUT2D eigenvalue weighted by molar-refractivity contribution is 6.17. The van der Waals surface area contributed by atoms with E-state index >= 15 is 0 Å². The van der Waals surface area contributed by atoms with Gasteiger partial charge in [-0.15, -0.1) is 0 Å². The summed E-state index contributed by atoms with van der Waals surface area (Å²) in [5, 5.41) is 2.56. The second kappa shape index (κ2) is 9.20. The van der Waals surface area contributed by atoms with Crippen molar-refractivity contribution in [3.05, 3.63) is 35.9 Å². The van der Waals surface area contributed by atoms with Gasteiger partial charge in [0.25, 0.3) is 0 Å². The molecular formula is C14H18ClNO4. The molecule has 110 valence electrons. The average Bonchev–Trinajstić information content (AvgIpc) is 2.44. The molecule has 0 aliphatic heterocycles. The Morgan fingerprint density at radius 2 is 1.95 bits per heavy atom. The topological polar surface area (TPSA) is 64.6 Å². The Bertz CT molecular complexity index is 424. The highest BCUT2D eigenvalue weighted by atomic mass is 35.5. The van der Waals surface area contributed by atoms with E-state index in [1.807, 2.05) is 30.3 Å². The Kier molecular flexibility index (Phi) is 7.50. The minimum atomic E-state index is -0.592. The van der Waals surface area contributed by atoms with Crippen molar-refractivity contribution in [1.82, 2.24) is 5.32 Å². The molecule has 1 aromatic rings. The second-order valence-corrected chi connectivity index (χ2v) is 4.49. The van der Waals surface area contributed by atoms with Gasteiger partial charge < -0.3 is 14.8 Å². The fourth-order valence-corrected chi connectivity index (χ4v) is 1.61. The van der Waals surface area contributed by atoms with Crippen molar-refractivity contribution in [1.29, 1.82) is 0 Å². The van der Waals surface area contributed by atoms with Crippen molar-refractivity contribution < 1.29 is 19.1 Å². The lowest BCUT2D eigenvalue weighted by Gasteiger charge is -2.12. The largest absolute Gasteiger partial charge is 0.461 e. The standard InChI is InChI=1S/C14H18ClNO4/c1-11(16-14(18)20-10-15)7-8-13(17)19-9-12-5-3-2-4-6-12/h2-6,11H,7-10H2,1H3,(H,16,18)/t11-/m1/s1. The third kappa shape index (κ3) is 6.99. The van der Waals surface area contributed by atoms with Gasteiger partial charge in [-0.1, -0.05) is 41.9 Å². The summed E-state index contributed by atoms with van der Waals surface area (Å²) in [6.45, 7) is 2.04. The van der Waals surface area contributed by atoms with Crippen LogP contribution in [0, 0.1) is 0 Å². The number of alkyl halides is 1. The van der Waals surface area contributed by atoms with Crippen LogP contribution in [0.25, 0.3) is 0 Å². The number of amides is 1. The first-order chi connectivity index (χ1) is 9.61. The molecule has 0 bridgehead atoms. The first-order valence-electron chi connectivity index (χ1n) is 6.30. The van der Waals surface area contributed by atoms with Gasteiger partial charge in [0.05, 0.1) is 0 Å². The van der Waals surface area contributed by atoms with Crippen molar-refractivity contribution in [2.75, 3.05) is 6.07 Å². The number of alkyl carbamates (subject to hydrolysis) is 1. The molecule has 1 aromatic carbocycles. The molecule has 6 heteroatoms. The SMILES string of the molecule is C[C@H](CCC(=O)OCc1ccccc1)NC(=O)OCCl. The molecule has 0 radical (unpaired) electrons. The van der Waals surface area contributed by atoms with E-state index in [9.17, 15) is 9.59 Å². The number of hydrogen-bond donors (Lipinski definition) is 1. The lowest BCUT2D eigenvalue weighted by Crippen LogP contribution is -2.33. The molecular weight excluding hydrogens is 282 g/mol. The van der Waals surface area contributed by atoms with Gasteiger partial charge in [0.1, 0.15) is 6.61 Å². The van der Waals surface area contributed by atoms with Crippen LogP contribution in [-0.4, -0.2) is 24.2 Å². The van der Waals surface area contributed by atoms with Crippen molar-refractivity contribution in [2.24, 2.45) is 0 Å². The summed E-state index contributed by atoms with van der Waals surface area (Å²) in [6, 6.07) is 9.07. The molecule has 0 unspecified atom stereocenters. The zero-order chi connectivity index (χ0) is 14.8. The summed E-state index contributed by atoms with van der Waals surface area (Å²) in [7, 11) is 0. The van der Waals surface area contributed by atoms with Crippen LogP contribution in [0.15, 0.2) is 30.3 Å². The summed E-state index contributed by atoms with van der Waals surface area (Å²) in [5.74, 6) is -0.298. The average molecular weight is 300 g/mol. The van der Waals surface area contributed by atoms with Gasteiger partial charge in [0, 0.05) is 12.5 Å². The van der Waals surface area contributed by atoms with Crippen LogP contribution in [0.3, 0.4) is 0 Å². The molecule has 0 aliphatic carbocycles. The predicted molar refractivity (Wildman–Crippen MR) is 75.3 cm³/mol. The quantitative estimate of drug-likeness (QED) is 0.621. The maximum Gasteiger partial charge on any atom is 0.408 e. The number of carbonyl (C=O) groups is 2. The molecule has 1 rings (SSSR count). The number of ether oxygens (including phenoxy) is 2. The number of halogens is 1. The number of nitrogens with one attached hydrogen (secondary N) is 1. The highest BCUT2D eigenvalue weighted by Gasteiger charge is 2.11. The number of rotatable bonds is 7. The zero-order valence-corrected chi connectivity index (χ0v) is 12.1. The maximum absolute atomic E-state index is 11.5. The number of benzene rings is 1. The van der Waals surface area contributed by atoms with Crippen molar-refractivity contribution in [3.8, 4) is 0 Å². The Labute approximate surface area is 123 Å². The first-order valence-corrected chi connectivity index (χ1v) is 6.84. The number of hydrogen-bond acceptors (Lipinski definition) is 4. The molecule has 0 saturated heterocycles. The third-order valence-corrected chi connectivity index (χ3v) is 2.68. The molecule has 0 heterocycles. The van der Waals surface area contributed by atoms with E-state index in [1.165, 1.54) is 0 Å². The lowest BCUT2D eigenvalue weighted by atomic mass is 10.2. The van der Waals surface area contributed by atoms with E-state index in [-0.39, 0.29) is 31.1 Å². The predicted octanol–water partition coefficient (Wildman–Crippen LogP) is 2.82. The fourth-order valence-electron chi connectivity index (χ4n) is 1.51. The summed E-state index contributed by atoms with van der Waals surface area (Å²) >= 11 is 5.25. The molecule has 20 heavy (non-hydrogen) atoms. The minimum absolute atomic E-state index is 0.185. The Morgan fingerprint density at radius 3 is 2.60 bits per heavy atom. The van der Waals surface area contributed by atoms with E-state index in [1.54, 1.807) is 6.92 Å². The normalized spacial score (nSPS) is 11.5. The summed E-state index contributed by atoms with van der Waals surface area (Å²) in [5.41, 5.74) is 0.942. The second-order valence-electron chi connectivity index (χ2n) is 4.27. The Morgan fingerprint density at radius 1 is 1.25 bits per heavy atom. The molecule has 5 nitrogen and oxygen atoms in total. The van der Waals surface area contributed by atoms with Gasteiger partial charge >= 0.3 is 12.1 Å². The molecule has 0 aliphatic rings. The minimum Gasteiger partial charge on any atom is -0.461 e. The van der Waals surface area contributed by atoms with Crippen LogP contribution in [-0.2, 0) is 20.9 Å². The van der Waals surface area contributed by atoms with Gasteiger partial charge in [-0.3, -0.25) is 4.79 Å². The van der Waals surface area contributed by atoms with Gasteiger partial charge in [0.15, 0.2) is 6.07 Å². The smallest absolute Gasteiger partial charge is 0.408 e. The molecule has 1 N–H and O–H groups in total. The molecule has 1 amide bonds. The molecule has 0 fully saturated rings. The lowest BCUT2D eigenvalue weighted by molar-refractivity contribution is -0.145. The van der Waals surface area contributed by atoms with Crippen LogP contribution in [0.2, 0.25) is 0 Å². The Hall–Kier alpha value is -1.75. The molecule has 0 spiro atoms. The van der Waals surface area contributed by atoms with Crippen LogP contribution in [0.1, 0.15) is 25.3 Å². The summed E-state index contributed by atoms with van der Waals surface area (Å²) in [4.78, 5) is 22.6. The van der Waals surface area contributed by atoms with E-state index in [0.717, 1.165) is 5.56 Å². The number of carbonyl (C=O) groups excluding carboxylic acids is 2. The zero-order valence-electron chi connectivity index (χ0n) is 11.3. The van der Waals surface area contributed by atoms with Gasteiger partial charge in [-0.05, 0) is 18.9 Å². The van der Waals surface area contributed by atoms with Crippen LogP contribution >= 0.6 is 11.6 Å². The van der Waals surface area contributed by atoms with E-state index in [4.69, 9.17) is 16.3 Å². The summed E-state index contributed by atoms with van der Waals surface area (Å²) in [6.07, 6.45) is 0.116. The van der Waals surface area contributed by atoms with E-state index in [0.29, 0.717) is 6.42 Å². The third-order valence-electron chi connectivity index (χ3n) is 2.57. The molecule has 0 saturated carbocycles. The highest BCUT2D eigenvalue weighted by Crippen LogP contribution is 2.04.